The normalized spacial score (nSPS) is 22.9. The van der Waals surface area contributed by atoms with Crippen LogP contribution in [0.1, 0.15) is 69.7 Å². The number of amides is 1. The lowest BCUT2D eigenvalue weighted by atomic mass is 9.86. The molecule has 1 heterocycles. The summed E-state index contributed by atoms with van der Waals surface area (Å²) in [7, 11) is -3.33. The van der Waals surface area contributed by atoms with Gasteiger partial charge in [0.1, 0.15) is 5.82 Å². The van der Waals surface area contributed by atoms with Crippen molar-refractivity contribution in [2.45, 2.75) is 70.1 Å². The topological polar surface area (TPSA) is 78.5 Å². The van der Waals surface area contributed by atoms with E-state index in [1.165, 1.54) is 6.07 Å². The Hall–Kier alpha value is -1.67. The Morgan fingerprint density at radius 1 is 1.13 bits per heavy atom. The van der Waals surface area contributed by atoms with E-state index in [0.29, 0.717) is 19.0 Å². The fourth-order valence-corrected chi connectivity index (χ4v) is 5.06. The predicted molar refractivity (Wildman–Crippen MR) is 118 cm³/mol. The molecule has 1 aliphatic carbocycles. The fraction of sp³-hybridized carbons (Fsp3) is 0.682. The first kappa shape index (κ1) is 23.0. The molecule has 0 spiro atoms. The molecule has 1 saturated carbocycles. The maximum absolute atomic E-state index is 14.2. The van der Waals surface area contributed by atoms with Crippen LogP contribution in [0.4, 0.5) is 10.1 Å². The lowest BCUT2D eigenvalue weighted by molar-refractivity contribution is 0.0788. The van der Waals surface area contributed by atoms with Crippen molar-refractivity contribution in [2.24, 2.45) is 5.92 Å². The number of nitrogens with zero attached hydrogens (tertiary/aromatic N) is 1. The smallest absolute Gasteiger partial charge is 0.256 e. The highest BCUT2D eigenvalue weighted by molar-refractivity contribution is 7.90. The molecule has 6 nitrogen and oxygen atoms in total. The highest BCUT2D eigenvalue weighted by atomic mass is 32.2. The van der Waals surface area contributed by atoms with Crippen molar-refractivity contribution in [1.82, 2.24) is 9.62 Å². The van der Waals surface area contributed by atoms with Gasteiger partial charge in [0.05, 0.1) is 10.3 Å². The van der Waals surface area contributed by atoms with Crippen molar-refractivity contribution in [1.29, 1.82) is 0 Å². The predicted octanol–water partition coefficient (Wildman–Crippen LogP) is 3.75. The average Bonchev–Trinajstić information content (AvgIpc) is 3.21. The number of carbonyl (C=O) groups excluding carboxylic acids is 1. The number of hydrogen-bond donors (Lipinski definition) is 2. The van der Waals surface area contributed by atoms with Crippen LogP contribution in [0.25, 0.3) is 0 Å². The zero-order valence-corrected chi connectivity index (χ0v) is 19.0. The van der Waals surface area contributed by atoms with Crippen LogP contribution in [0, 0.1) is 11.7 Å². The van der Waals surface area contributed by atoms with E-state index < -0.39 is 20.6 Å². The number of anilines is 1. The van der Waals surface area contributed by atoms with Crippen LogP contribution in [-0.2, 0) is 10.0 Å². The number of carbonyl (C=O) groups is 1. The van der Waals surface area contributed by atoms with Crippen LogP contribution < -0.4 is 10.0 Å². The number of nitrogens with one attached hydrogen (secondary N) is 2. The molecule has 1 saturated heterocycles. The van der Waals surface area contributed by atoms with Crippen LogP contribution in [0.2, 0.25) is 0 Å². The quantitative estimate of drug-likeness (QED) is 0.708. The van der Waals surface area contributed by atoms with Gasteiger partial charge in [-0.15, -0.1) is 0 Å². The molecule has 1 aliphatic heterocycles. The molecule has 2 N–H and O–H groups in total. The van der Waals surface area contributed by atoms with Crippen LogP contribution in [0.5, 0.6) is 0 Å². The van der Waals surface area contributed by atoms with Gasteiger partial charge in [-0.3, -0.25) is 4.79 Å². The van der Waals surface area contributed by atoms with Crippen molar-refractivity contribution < 1.29 is 17.6 Å². The molecule has 0 aromatic heterocycles. The van der Waals surface area contributed by atoms with Gasteiger partial charge in [0.15, 0.2) is 0 Å². The number of halogens is 1. The van der Waals surface area contributed by atoms with Gasteiger partial charge in [0.25, 0.3) is 5.91 Å². The SMILES string of the molecule is CC(C)(C)S(=O)(=O)NC1CCC(CNc2ccc(F)c(C(=O)N3CCCC3)c2)CC1. The third kappa shape index (κ3) is 5.52. The Morgan fingerprint density at radius 2 is 1.77 bits per heavy atom. The molecule has 0 unspecified atom stereocenters. The summed E-state index contributed by atoms with van der Waals surface area (Å²) >= 11 is 0. The van der Waals surface area contributed by atoms with Crippen molar-refractivity contribution in [3.05, 3.63) is 29.6 Å². The number of benzene rings is 1. The molecule has 2 fully saturated rings. The van der Waals surface area contributed by atoms with Crippen LogP contribution in [0.15, 0.2) is 18.2 Å². The maximum Gasteiger partial charge on any atom is 0.256 e. The first-order valence-corrected chi connectivity index (χ1v) is 12.4. The highest BCUT2D eigenvalue weighted by Gasteiger charge is 2.32. The first-order valence-electron chi connectivity index (χ1n) is 10.9. The van der Waals surface area contributed by atoms with Crippen LogP contribution in [-0.4, -0.2) is 49.6 Å². The molecular weight excluding hydrogens is 405 g/mol. The second-order valence-corrected chi connectivity index (χ2v) is 12.0. The molecule has 0 radical (unpaired) electrons. The molecule has 30 heavy (non-hydrogen) atoms. The summed E-state index contributed by atoms with van der Waals surface area (Å²) in [4.78, 5) is 14.3. The van der Waals surface area contributed by atoms with Crippen molar-refractivity contribution >= 4 is 21.6 Å². The third-order valence-electron chi connectivity index (χ3n) is 6.16. The molecule has 3 rings (SSSR count). The van der Waals surface area contributed by atoms with E-state index in [0.717, 1.165) is 50.8 Å². The summed E-state index contributed by atoms with van der Waals surface area (Å²) in [5, 5.41) is 3.34. The van der Waals surface area contributed by atoms with E-state index in [1.807, 2.05) is 0 Å². The van der Waals surface area contributed by atoms with Gasteiger partial charge in [-0.1, -0.05) is 0 Å². The Labute approximate surface area is 179 Å². The molecule has 1 aromatic carbocycles. The monoisotopic (exact) mass is 439 g/mol. The minimum absolute atomic E-state index is 0.0130. The van der Waals surface area contributed by atoms with Gasteiger partial charge in [0.2, 0.25) is 10.0 Å². The maximum atomic E-state index is 14.2. The van der Waals surface area contributed by atoms with Crippen molar-refractivity contribution in [2.75, 3.05) is 25.0 Å². The summed E-state index contributed by atoms with van der Waals surface area (Å²) in [6.45, 7) is 7.22. The summed E-state index contributed by atoms with van der Waals surface area (Å²) in [6.07, 6.45) is 5.41. The number of rotatable bonds is 6. The molecular formula is C22H34FN3O3S. The molecule has 0 atom stereocenters. The Bertz CT molecular complexity index is 853. The molecule has 8 heteroatoms. The van der Waals surface area contributed by atoms with Crippen molar-refractivity contribution in [3.8, 4) is 0 Å². The van der Waals surface area contributed by atoms with Crippen molar-refractivity contribution in [3.63, 3.8) is 0 Å². The van der Waals surface area contributed by atoms with Gasteiger partial charge in [-0.05, 0) is 83.4 Å². The summed E-state index contributed by atoms with van der Waals surface area (Å²) in [6, 6.07) is 4.61. The summed E-state index contributed by atoms with van der Waals surface area (Å²) in [5.41, 5.74) is 0.872. The third-order valence-corrected chi connectivity index (χ3v) is 8.42. The first-order chi connectivity index (χ1) is 14.1. The Kier molecular flexibility index (Phi) is 7.07. The minimum Gasteiger partial charge on any atom is -0.385 e. The van der Waals surface area contributed by atoms with E-state index in [4.69, 9.17) is 0 Å². The molecule has 2 aliphatic rings. The average molecular weight is 440 g/mol. The van der Waals surface area contributed by atoms with E-state index in [-0.39, 0.29) is 17.5 Å². The standard InChI is InChI=1S/C22H34FN3O3S/c1-22(2,3)30(28,29)25-17-8-6-16(7-9-17)15-24-18-10-11-20(23)19(14-18)21(27)26-12-4-5-13-26/h10-11,14,16-17,24-25H,4-9,12-13,15H2,1-3H3. The summed E-state index contributed by atoms with van der Waals surface area (Å²) in [5.74, 6) is -0.299. The Morgan fingerprint density at radius 3 is 2.37 bits per heavy atom. The second kappa shape index (κ2) is 9.22. The summed E-state index contributed by atoms with van der Waals surface area (Å²) < 4.78 is 40.9. The van der Waals surface area contributed by atoms with E-state index >= 15 is 0 Å². The number of likely N-dealkylation sites (tertiary alicyclic amines) is 1. The van der Waals surface area contributed by atoms with Gasteiger partial charge in [0, 0.05) is 31.4 Å². The van der Waals surface area contributed by atoms with Gasteiger partial charge in [-0.25, -0.2) is 17.5 Å². The Balaban J connectivity index is 1.51. The molecule has 168 valence electrons. The lowest BCUT2D eigenvalue weighted by Crippen LogP contribution is -2.46. The van der Waals surface area contributed by atoms with Crippen LogP contribution >= 0.6 is 0 Å². The van der Waals surface area contributed by atoms with E-state index in [9.17, 15) is 17.6 Å². The fourth-order valence-electron chi connectivity index (χ4n) is 4.03. The highest BCUT2D eigenvalue weighted by Crippen LogP contribution is 2.27. The van der Waals surface area contributed by atoms with Gasteiger partial charge in [-0.2, -0.15) is 0 Å². The van der Waals surface area contributed by atoms with E-state index in [2.05, 4.69) is 10.0 Å². The largest absolute Gasteiger partial charge is 0.385 e. The number of sulfonamides is 1. The second-order valence-electron chi connectivity index (χ2n) is 9.53. The molecule has 0 bridgehead atoms. The molecule has 1 aromatic rings. The number of hydrogen-bond acceptors (Lipinski definition) is 4. The van der Waals surface area contributed by atoms with Crippen LogP contribution in [0.3, 0.4) is 0 Å². The zero-order valence-electron chi connectivity index (χ0n) is 18.2. The zero-order chi connectivity index (χ0) is 21.9. The minimum atomic E-state index is -3.33. The lowest BCUT2D eigenvalue weighted by Gasteiger charge is -2.31. The van der Waals surface area contributed by atoms with Gasteiger partial charge < -0.3 is 10.2 Å². The van der Waals surface area contributed by atoms with E-state index in [1.54, 1.807) is 37.8 Å². The van der Waals surface area contributed by atoms with Gasteiger partial charge >= 0.3 is 0 Å². The molecule has 1 amide bonds.